The molecule has 1 heterocycles. The van der Waals surface area contributed by atoms with Gasteiger partial charge in [-0.15, -0.1) is 0 Å². The van der Waals surface area contributed by atoms with Gasteiger partial charge in [0, 0.05) is 0 Å². The molecule has 0 saturated carbocycles. The molecule has 0 saturated heterocycles. The molecule has 6 heteroatoms. The van der Waals surface area contributed by atoms with E-state index in [2.05, 4.69) is 4.98 Å². The zero-order valence-electron chi connectivity index (χ0n) is 12.7. The second-order valence-electron chi connectivity index (χ2n) is 5.32. The summed E-state index contributed by atoms with van der Waals surface area (Å²) in [5.41, 5.74) is 1.59. The van der Waals surface area contributed by atoms with Gasteiger partial charge in [-0.05, 0) is 0 Å². The van der Waals surface area contributed by atoms with Crippen molar-refractivity contribution in [1.29, 1.82) is 0 Å². The van der Waals surface area contributed by atoms with E-state index in [1.165, 1.54) is 6.07 Å². The van der Waals surface area contributed by atoms with Gasteiger partial charge in [0.25, 0.3) is 0 Å². The minimum atomic E-state index is -0.559. The van der Waals surface area contributed by atoms with Crippen LogP contribution in [0.4, 0.5) is 8.78 Å². The maximum atomic E-state index is 14.3. The van der Waals surface area contributed by atoms with E-state index in [9.17, 15) is 8.78 Å². The number of hydrogen-bond donors (Lipinski definition) is 0. The van der Waals surface area contributed by atoms with E-state index >= 15 is 0 Å². The fourth-order valence-electron chi connectivity index (χ4n) is 2.40. The van der Waals surface area contributed by atoms with Gasteiger partial charge in [0.15, 0.2) is 0 Å². The predicted octanol–water partition coefficient (Wildman–Crippen LogP) is 4.46. The number of benzene rings is 2. The Balaban J connectivity index is 1.83. The topological polar surface area (TPSA) is 17.8 Å². The summed E-state index contributed by atoms with van der Waals surface area (Å²) in [6.45, 7) is 0.604. The van der Waals surface area contributed by atoms with Gasteiger partial charge in [0.1, 0.15) is 0 Å². The Morgan fingerprint density at radius 1 is 1.17 bits per heavy atom. The third-order valence-electron chi connectivity index (χ3n) is 3.64. The molecule has 1 atom stereocenters. The van der Waals surface area contributed by atoms with E-state index in [0.717, 1.165) is 22.0 Å². The number of nitrogens with zero attached hydrogens (tertiary/aromatic N) is 2. The number of imidazole rings is 1. The van der Waals surface area contributed by atoms with E-state index in [4.69, 9.17) is 11.6 Å². The average Bonchev–Trinajstić information content (AvgIpc) is 3.06. The van der Waals surface area contributed by atoms with Crippen molar-refractivity contribution in [2.45, 2.75) is 16.7 Å². The second kappa shape index (κ2) is 7.93. The molecule has 24 heavy (non-hydrogen) atoms. The summed E-state index contributed by atoms with van der Waals surface area (Å²) in [6, 6.07) is 11.5. The van der Waals surface area contributed by atoms with Gasteiger partial charge in [-0.25, -0.2) is 0 Å². The van der Waals surface area contributed by atoms with Crippen LogP contribution in [0.15, 0.2) is 61.2 Å². The van der Waals surface area contributed by atoms with Crippen molar-refractivity contribution < 1.29 is 8.78 Å². The summed E-state index contributed by atoms with van der Waals surface area (Å²) in [7, 11) is 0. The van der Waals surface area contributed by atoms with Crippen LogP contribution in [0.2, 0.25) is 5.02 Å². The summed E-state index contributed by atoms with van der Waals surface area (Å²) < 4.78 is 29.4. The van der Waals surface area contributed by atoms with E-state index in [-0.39, 0.29) is 19.8 Å². The first kappa shape index (κ1) is 17.2. The standard InChI is InChI=1S/C18H15ClF2N2Se/c19-16-4-2-1-3-13(16)11-24-18(10-23-8-7-22-12-23)15-6-5-14(20)9-17(15)21/h1-9,12,18H,10-11H2. The minimum absolute atomic E-state index is 0.0384. The zero-order valence-corrected chi connectivity index (χ0v) is 15.2. The molecule has 1 unspecified atom stereocenters. The van der Waals surface area contributed by atoms with Crippen LogP contribution in [0.3, 0.4) is 0 Å². The third-order valence-corrected chi connectivity index (χ3v) is 6.70. The quantitative estimate of drug-likeness (QED) is 0.548. The molecule has 0 bridgehead atoms. The van der Waals surface area contributed by atoms with Crippen LogP contribution in [-0.4, -0.2) is 24.5 Å². The van der Waals surface area contributed by atoms with Crippen LogP contribution in [0.25, 0.3) is 0 Å². The number of aromatic nitrogens is 2. The fraction of sp³-hybridized carbons (Fsp3) is 0.167. The van der Waals surface area contributed by atoms with Crippen molar-refractivity contribution in [3.8, 4) is 0 Å². The van der Waals surface area contributed by atoms with Gasteiger partial charge in [0.2, 0.25) is 0 Å². The summed E-state index contributed by atoms with van der Waals surface area (Å²) in [4.78, 5) is 3.99. The first-order valence-corrected chi connectivity index (χ1v) is 9.97. The first-order valence-electron chi connectivity index (χ1n) is 7.39. The first-order chi connectivity index (χ1) is 11.6. The van der Waals surface area contributed by atoms with E-state index in [1.807, 2.05) is 35.0 Å². The van der Waals surface area contributed by atoms with Crippen molar-refractivity contribution in [1.82, 2.24) is 9.55 Å². The van der Waals surface area contributed by atoms with Crippen LogP contribution in [0.5, 0.6) is 0 Å². The maximum absolute atomic E-state index is 14.3. The third kappa shape index (κ3) is 4.23. The molecule has 2 aromatic carbocycles. The summed E-state index contributed by atoms with van der Waals surface area (Å²) in [6.07, 6.45) is 5.25. The Morgan fingerprint density at radius 3 is 2.71 bits per heavy atom. The molecule has 0 N–H and O–H groups in total. The molecule has 124 valence electrons. The van der Waals surface area contributed by atoms with Crippen LogP contribution in [0.1, 0.15) is 15.9 Å². The van der Waals surface area contributed by atoms with Gasteiger partial charge in [-0.1, -0.05) is 0 Å². The van der Waals surface area contributed by atoms with Crippen LogP contribution in [-0.2, 0) is 11.9 Å². The molecule has 0 amide bonds. The molecule has 3 rings (SSSR count). The van der Waals surface area contributed by atoms with Gasteiger partial charge >= 0.3 is 151 Å². The molecular formula is C18H15ClF2N2Se. The molecule has 3 aromatic rings. The molecular weight excluding hydrogens is 397 g/mol. The molecule has 0 radical (unpaired) electrons. The predicted molar refractivity (Wildman–Crippen MR) is 92.2 cm³/mol. The van der Waals surface area contributed by atoms with Gasteiger partial charge in [-0.3, -0.25) is 0 Å². The summed E-state index contributed by atoms with van der Waals surface area (Å²) in [5.74, 6) is -1.06. The van der Waals surface area contributed by atoms with Gasteiger partial charge in [0.05, 0.1) is 0 Å². The molecule has 0 spiro atoms. The summed E-state index contributed by atoms with van der Waals surface area (Å²) >= 11 is 6.27. The average molecular weight is 412 g/mol. The zero-order chi connectivity index (χ0) is 16.9. The summed E-state index contributed by atoms with van der Waals surface area (Å²) in [5, 5.41) is 1.50. The Hall–Kier alpha value is -1.68. The molecule has 2 nitrogen and oxygen atoms in total. The Bertz CT molecular complexity index is 809. The van der Waals surface area contributed by atoms with Gasteiger partial charge < -0.3 is 0 Å². The van der Waals surface area contributed by atoms with E-state index in [1.54, 1.807) is 18.6 Å². The number of hydrogen-bond acceptors (Lipinski definition) is 1. The van der Waals surface area contributed by atoms with Crippen molar-refractivity contribution in [2.24, 2.45) is 0 Å². The van der Waals surface area contributed by atoms with Crippen molar-refractivity contribution in [3.63, 3.8) is 0 Å². The Labute approximate surface area is 150 Å². The monoisotopic (exact) mass is 412 g/mol. The SMILES string of the molecule is Fc1ccc(C(Cn2ccnc2)[Se]Cc2ccccc2Cl)c(F)c1. The molecule has 1 aromatic heterocycles. The Morgan fingerprint density at radius 2 is 2.00 bits per heavy atom. The second-order valence-corrected chi connectivity index (χ2v) is 8.22. The van der Waals surface area contributed by atoms with Crippen molar-refractivity contribution in [3.05, 3.63) is 89.0 Å². The fourth-order valence-corrected chi connectivity index (χ4v) is 5.46. The van der Waals surface area contributed by atoms with Crippen LogP contribution in [0, 0.1) is 11.6 Å². The van der Waals surface area contributed by atoms with Crippen molar-refractivity contribution >= 4 is 26.6 Å². The molecule has 0 aliphatic heterocycles. The number of halogens is 3. The van der Waals surface area contributed by atoms with Gasteiger partial charge in [-0.2, -0.15) is 0 Å². The van der Waals surface area contributed by atoms with E-state index < -0.39 is 11.6 Å². The molecule has 0 fully saturated rings. The van der Waals surface area contributed by atoms with E-state index in [0.29, 0.717) is 12.1 Å². The normalized spacial score (nSPS) is 12.3. The van der Waals surface area contributed by atoms with Crippen molar-refractivity contribution in [2.75, 3.05) is 0 Å². The molecule has 0 aliphatic rings. The van der Waals surface area contributed by atoms with Crippen LogP contribution >= 0.6 is 11.6 Å². The van der Waals surface area contributed by atoms with Crippen LogP contribution < -0.4 is 0 Å². The number of rotatable bonds is 6. The Kier molecular flexibility index (Phi) is 5.67. The molecule has 0 aliphatic carbocycles.